The highest BCUT2D eigenvalue weighted by Gasteiger charge is 2.14. The molecule has 0 aliphatic carbocycles. The Morgan fingerprint density at radius 3 is 2.36 bits per heavy atom. The van der Waals surface area contributed by atoms with Gasteiger partial charge in [-0.3, -0.25) is 4.79 Å². The van der Waals surface area contributed by atoms with Gasteiger partial charge in [-0.1, -0.05) is 29.3 Å². The molecular weight excluding hydrogens is 322 g/mol. The standard InChI is InChI=1S/C16H16ClNO3S/c1-9-6-10(2)15(11(3)7-9)18-14(19)8-21-16(20)12-4-5-13(17)22-12/h4-7H,8H2,1-3H3,(H,18,19). The number of amides is 1. The predicted molar refractivity (Wildman–Crippen MR) is 88.9 cm³/mol. The first-order chi connectivity index (χ1) is 10.4. The van der Waals surface area contributed by atoms with Crippen LogP contribution in [0.25, 0.3) is 0 Å². The third-order valence-corrected chi connectivity index (χ3v) is 4.26. The lowest BCUT2D eigenvalue weighted by Crippen LogP contribution is -2.21. The minimum absolute atomic E-state index is 0.332. The van der Waals surface area contributed by atoms with Crippen LogP contribution in [0.4, 0.5) is 5.69 Å². The van der Waals surface area contributed by atoms with Crippen LogP contribution in [0.15, 0.2) is 24.3 Å². The topological polar surface area (TPSA) is 55.4 Å². The molecule has 1 aromatic carbocycles. The van der Waals surface area contributed by atoms with Crippen LogP contribution in [0.1, 0.15) is 26.4 Å². The Bertz CT molecular complexity index is 701. The summed E-state index contributed by atoms with van der Waals surface area (Å²) >= 11 is 6.87. The van der Waals surface area contributed by atoms with Gasteiger partial charge in [0.05, 0.1) is 4.34 Å². The first kappa shape index (κ1) is 16.5. The highest BCUT2D eigenvalue weighted by atomic mass is 35.5. The highest BCUT2D eigenvalue weighted by Crippen LogP contribution is 2.23. The van der Waals surface area contributed by atoms with Crippen molar-refractivity contribution < 1.29 is 14.3 Å². The first-order valence-corrected chi connectivity index (χ1v) is 7.86. The largest absolute Gasteiger partial charge is 0.451 e. The van der Waals surface area contributed by atoms with Crippen LogP contribution >= 0.6 is 22.9 Å². The van der Waals surface area contributed by atoms with Crippen LogP contribution in [0.2, 0.25) is 4.34 Å². The summed E-state index contributed by atoms with van der Waals surface area (Å²) in [5.74, 6) is -0.921. The van der Waals surface area contributed by atoms with E-state index in [1.54, 1.807) is 12.1 Å². The van der Waals surface area contributed by atoms with E-state index in [1.807, 2.05) is 32.9 Å². The summed E-state index contributed by atoms with van der Waals surface area (Å²) in [6.07, 6.45) is 0. The summed E-state index contributed by atoms with van der Waals surface area (Å²) < 4.78 is 5.48. The zero-order chi connectivity index (χ0) is 16.3. The fourth-order valence-corrected chi connectivity index (χ4v) is 3.12. The van der Waals surface area contributed by atoms with Crippen LogP contribution in [0.5, 0.6) is 0 Å². The number of anilines is 1. The number of esters is 1. The number of thiophene rings is 1. The first-order valence-electron chi connectivity index (χ1n) is 6.67. The molecule has 0 aliphatic rings. The van der Waals surface area contributed by atoms with E-state index < -0.39 is 5.97 Å². The normalized spacial score (nSPS) is 10.4. The Balaban J connectivity index is 1.95. The Hall–Kier alpha value is -1.85. The summed E-state index contributed by atoms with van der Waals surface area (Å²) in [5.41, 5.74) is 3.84. The fraction of sp³-hybridized carbons (Fsp3) is 0.250. The van der Waals surface area contributed by atoms with Gasteiger partial charge in [-0.2, -0.15) is 0 Å². The Morgan fingerprint density at radius 1 is 1.18 bits per heavy atom. The van der Waals surface area contributed by atoms with Gasteiger partial charge < -0.3 is 10.1 Å². The molecule has 0 bridgehead atoms. The SMILES string of the molecule is Cc1cc(C)c(NC(=O)COC(=O)c2ccc(Cl)s2)c(C)c1. The van der Waals surface area contributed by atoms with E-state index in [0.717, 1.165) is 33.7 Å². The van der Waals surface area contributed by atoms with Crippen molar-refractivity contribution >= 4 is 40.5 Å². The number of halogens is 1. The second kappa shape index (κ2) is 6.94. The minimum Gasteiger partial charge on any atom is -0.451 e. The lowest BCUT2D eigenvalue weighted by atomic mass is 10.1. The number of hydrogen-bond acceptors (Lipinski definition) is 4. The number of aryl methyl sites for hydroxylation is 3. The number of carbonyl (C=O) groups is 2. The van der Waals surface area contributed by atoms with Crippen molar-refractivity contribution in [1.82, 2.24) is 0 Å². The van der Waals surface area contributed by atoms with Crippen LogP contribution in [-0.2, 0) is 9.53 Å². The highest BCUT2D eigenvalue weighted by molar-refractivity contribution is 7.17. The molecule has 0 saturated carbocycles. The van der Waals surface area contributed by atoms with Crippen LogP contribution in [-0.4, -0.2) is 18.5 Å². The smallest absolute Gasteiger partial charge is 0.348 e. The van der Waals surface area contributed by atoms with Gasteiger partial charge in [-0.05, 0) is 44.0 Å². The van der Waals surface area contributed by atoms with E-state index in [9.17, 15) is 9.59 Å². The molecule has 116 valence electrons. The van der Waals surface area contributed by atoms with Gasteiger partial charge >= 0.3 is 5.97 Å². The molecule has 0 radical (unpaired) electrons. The van der Waals surface area contributed by atoms with E-state index in [1.165, 1.54) is 0 Å². The lowest BCUT2D eigenvalue weighted by Gasteiger charge is -2.12. The van der Waals surface area contributed by atoms with Gasteiger partial charge in [0.25, 0.3) is 5.91 Å². The van der Waals surface area contributed by atoms with Gasteiger partial charge in [0.15, 0.2) is 6.61 Å². The molecule has 0 spiro atoms. The van der Waals surface area contributed by atoms with Crippen molar-refractivity contribution in [2.45, 2.75) is 20.8 Å². The number of hydrogen-bond donors (Lipinski definition) is 1. The van der Waals surface area contributed by atoms with Gasteiger partial charge in [-0.25, -0.2) is 4.79 Å². The lowest BCUT2D eigenvalue weighted by molar-refractivity contribution is -0.119. The molecule has 2 rings (SSSR count). The van der Waals surface area contributed by atoms with Crippen molar-refractivity contribution in [2.24, 2.45) is 0 Å². The molecular formula is C16H16ClNO3S. The molecule has 0 atom stereocenters. The maximum atomic E-state index is 11.9. The van der Waals surface area contributed by atoms with Crippen molar-refractivity contribution in [1.29, 1.82) is 0 Å². The molecule has 0 saturated heterocycles. The van der Waals surface area contributed by atoms with Crippen molar-refractivity contribution in [3.8, 4) is 0 Å². The van der Waals surface area contributed by atoms with Crippen LogP contribution in [0.3, 0.4) is 0 Å². The number of rotatable bonds is 4. The van der Waals surface area contributed by atoms with Gasteiger partial charge in [0.2, 0.25) is 0 Å². The maximum Gasteiger partial charge on any atom is 0.348 e. The number of benzene rings is 1. The molecule has 22 heavy (non-hydrogen) atoms. The fourth-order valence-electron chi connectivity index (χ4n) is 2.18. The van der Waals surface area contributed by atoms with E-state index >= 15 is 0 Å². The van der Waals surface area contributed by atoms with E-state index in [4.69, 9.17) is 16.3 Å². The quantitative estimate of drug-likeness (QED) is 0.854. The summed E-state index contributed by atoms with van der Waals surface area (Å²) in [4.78, 5) is 24.1. The molecule has 6 heteroatoms. The molecule has 1 aromatic heterocycles. The zero-order valence-corrected chi connectivity index (χ0v) is 14.1. The number of nitrogens with one attached hydrogen (secondary N) is 1. The maximum absolute atomic E-state index is 11.9. The van der Waals surface area contributed by atoms with E-state index in [-0.39, 0.29) is 12.5 Å². The van der Waals surface area contributed by atoms with E-state index in [0.29, 0.717) is 9.21 Å². The number of carbonyl (C=O) groups excluding carboxylic acids is 2. The summed E-state index contributed by atoms with van der Waals surface area (Å²) in [6, 6.07) is 7.16. The van der Waals surface area contributed by atoms with Crippen molar-refractivity contribution in [2.75, 3.05) is 11.9 Å². The number of ether oxygens (including phenoxy) is 1. The Morgan fingerprint density at radius 2 is 1.82 bits per heavy atom. The minimum atomic E-state index is -0.551. The second-order valence-corrected chi connectivity index (χ2v) is 6.72. The second-order valence-electron chi connectivity index (χ2n) is 5.00. The summed E-state index contributed by atoms with van der Waals surface area (Å²) in [7, 11) is 0. The summed E-state index contributed by atoms with van der Waals surface area (Å²) in [6.45, 7) is 5.52. The monoisotopic (exact) mass is 337 g/mol. The zero-order valence-electron chi connectivity index (χ0n) is 12.5. The molecule has 0 fully saturated rings. The molecule has 0 unspecified atom stereocenters. The van der Waals surface area contributed by atoms with Gasteiger partial charge in [0, 0.05) is 5.69 Å². The molecule has 0 aliphatic heterocycles. The average molecular weight is 338 g/mol. The van der Waals surface area contributed by atoms with Gasteiger partial charge in [-0.15, -0.1) is 11.3 Å². The molecule has 4 nitrogen and oxygen atoms in total. The van der Waals surface area contributed by atoms with Crippen LogP contribution < -0.4 is 5.32 Å². The summed E-state index contributed by atoms with van der Waals surface area (Å²) in [5, 5.41) is 2.78. The molecule has 1 amide bonds. The Kier molecular flexibility index (Phi) is 5.21. The Labute approximate surface area is 138 Å². The van der Waals surface area contributed by atoms with Crippen molar-refractivity contribution in [3.63, 3.8) is 0 Å². The van der Waals surface area contributed by atoms with E-state index in [2.05, 4.69) is 5.32 Å². The predicted octanol–water partition coefficient (Wildman–Crippen LogP) is 4.12. The van der Waals surface area contributed by atoms with Crippen molar-refractivity contribution in [3.05, 3.63) is 50.2 Å². The van der Waals surface area contributed by atoms with Gasteiger partial charge in [0.1, 0.15) is 4.88 Å². The third-order valence-electron chi connectivity index (χ3n) is 3.05. The third kappa shape index (κ3) is 4.08. The molecule has 1 N–H and O–H groups in total. The average Bonchev–Trinajstić information content (AvgIpc) is 2.87. The molecule has 1 heterocycles. The van der Waals surface area contributed by atoms with Crippen LogP contribution in [0, 0.1) is 20.8 Å². The molecule has 2 aromatic rings.